The first-order valence-electron chi connectivity index (χ1n) is 8.08. The molecule has 0 bridgehead atoms. The lowest BCUT2D eigenvalue weighted by Gasteiger charge is -2.28. The Labute approximate surface area is 155 Å². The Hall–Kier alpha value is -2.66. The van der Waals surface area contributed by atoms with Crippen LogP contribution < -0.4 is 4.72 Å². The fraction of sp³-hybridized carbons (Fsp3) is 0.375. The average molecular weight is 394 g/mol. The molecule has 9 nitrogen and oxygen atoms in total. The molecule has 1 aromatic carbocycles. The number of aromatic nitrogens is 5. The van der Waals surface area contributed by atoms with Crippen LogP contribution in [0, 0.1) is 11.2 Å². The first kappa shape index (κ1) is 19.1. The zero-order chi connectivity index (χ0) is 19.7. The summed E-state index contributed by atoms with van der Waals surface area (Å²) in [4.78, 5) is 8.17. The average Bonchev–Trinajstić information content (AvgIpc) is 3.24. The molecule has 0 saturated heterocycles. The van der Waals surface area contributed by atoms with Crippen LogP contribution in [0.2, 0.25) is 0 Å². The Morgan fingerprint density at radius 3 is 2.56 bits per heavy atom. The van der Waals surface area contributed by atoms with Crippen molar-refractivity contribution < 1.29 is 17.3 Å². The Bertz CT molecular complexity index is 994. The third kappa shape index (κ3) is 4.74. The van der Waals surface area contributed by atoms with Crippen LogP contribution >= 0.6 is 0 Å². The number of benzene rings is 1. The van der Waals surface area contributed by atoms with E-state index in [1.807, 2.05) is 20.8 Å². The Morgan fingerprint density at radius 2 is 1.96 bits per heavy atom. The number of aromatic amines is 1. The van der Waals surface area contributed by atoms with Gasteiger partial charge in [0, 0.05) is 0 Å². The van der Waals surface area contributed by atoms with Gasteiger partial charge in [-0.05, 0) is 23.1 Å². The number of hydrogen-bond acceptors (Lipinski definition) is 7. The van der Waals surface area contributed by atoms with E-state index in [1.54, 1.807) is 0 Å². The highest BCUT2D eigenvalue weighted by molar-refractivity contribution is 7.88. The summed E-state index contributed by atoms with van der Waals surface area (Å²) >= 11 is 0. The van der Waals surface area contributed by atoms with E-state index in [0.29, 0.717) is 11.4 Å². The van der Waals surface area contributed by atoms with Gasteiger partial charge in [0.25, 0.3) is 0 Å². The molecular weight excluding hydrogens is 375 g/mol. The van der Waals surface area contributed by atoms with E-state index in [2.05, 4.69) is 30.0 Å². The van der Waals surface area contributed by atoms with Crippen LogP contribution in [-0.4, -0.2) is 33.7 Å². The van der Waals surface area contributed by atoms with Gasteiger partial charge in [0.05, 0.1) is 5.75 Å². The summed E-state index contributed by atoms with van der Waals surface area (Å²) in [6.07, 6.45) is 1.30. The normalized spacial score (nSPS) is 13.6. The van der Waals surface area contributed by atoms with E-state index in [4.69, 9.17) is 4.52 Å². The molecule has 11 heteroatoms. The van der Waals surface area contributed by atoms with Crippen LogP contribution in [0.15, 0.2) is 35.1 Å². The maximum absolute atomic E-state index is 13.0. The summed E-state index contributed by atoms with van der Waals surface area (Å²) in [5.74, 6) is -0.136. The van der Waals surface area contributed by atoms with Crippen LogP contribution in [0.5, 0.6) is 0 Å². The van der Waals surface area contributed by atoms with E-state index in [9.17, 15) is 12.8 Å². The minimum atomic E-state index is -3.76. The van der Waals surface area contributed by atoms with Crippen molar-refractivity contribution in [1.82, 2.24) is 30.0 Å². The van der Waals surface area contributed by atoms with Crippen molar-refractivity contribution in [2.45, 2.75) is 32.6 Å². The van der Waals surface area contributed by atoms with Gasteiger partial charge in [-0.15, -0.1) is 0 Å². The first-order valence-corrected chi connectivity index (χ1v) is 9.73. The predicted molar refractivity (Wildman–Crippen MR) is 94.0 cm³/mol. The molecule has 0 spiro atoms. The topological polar surface area (TPSA) is 127 Å². The molecule has 0 radical (unpaired) electrons. The van der Waals surface area contributed by atoms with Crippen LogP contribution in [0.3, 0.4) is 0 Å². The SMILES string of the molecule is CC(C)(C)[C@H](NS(=O)(=O)Cc1ccc(F)cc1)c1nc(-c2ncn[nH]2)no1. The summed E-state index contributed by atoms with van der Waals surface area (Å²) < 4.78 is 46.1. The third-order valence-electron chi connectivity index (χ3n) is 3.75. The van der Waals surface area contributed by atoms with Crippen molar-refractivity contribution in [1.29, 1.82) is 0 Å². The highest BCUT2D eigenvalue weighted by Crippen LogP contribution is 2.33. The van der Waals surface area contributed by atoms with Crippen LogP contribution in [0.25, 0.3) is 11.6 Å². The van der Waals surface area contributed by atoms with Gasteiger partial charge in [-0.1, -0.05) is 38.1 Å². The monoisotopic (exact) mass is 394 g/mol. The zero-order valence-corrected chi connectivity index (χ0v) is 15.8. The highest BCUT2D eigenvalue weighted by Gasteiger charge is 2.35. The summed E-state index contributed by atoms with van der Waals surface area (Å²) in [5.41, 5.74) is -0.0920. The largest absolute Gasteiger partial charge is 0.337 e. The quantitative estimate of drug-likeness (QED) is 0.656. The number of rotatable bonds is 6. The van der Waals surface area contributed by atoms with Crippen molar-refractivity contribution in [2.24, 2.45) is 5.41 Å². The molecule has 2 N–H and O–H groups in total. The standard InChI is InChI=1S/C16H19FN6O3S/c1-16(2,3)12(15-20-14(22-26-15)13-18-9-19-21-13)23-27(24,25)8-10-4-6-11(17)7-5-10/h4-7,9,12,23H,8H2,1-3H3,(H,18,19,21)/t12-/m1/s1. The van der Waals surface area contributed by atoms with E-state index in [-0.39, 0.29) is 17.5 Å². The van der Waals surface area contributed by atoms with Gasteiger partial charge in [0.2, 0.25) is 21.7 Å². The smallest absolute Gasteiger partial charge is 0.245 e. The molecular formula is C16H19FN6O3S. The molecule has 27 heavy (non-hydrogen) atoms. The first-order chi connectivity index (χ1) is 12.6. The van der Waals surface area contributed by atoms with Crippen molar-refractivity contribution in [3.63, 3.8) is 0 Å². The summed E-state index contributed by atoms with van der Waals surface area (Å²) in [5, 5.41) is 10.2. The third-order valence-corrected chi connectivity index (χ3v) is 5.06. The van der Waals surface area contributed by atoms with Crippen molar-refractivity contribution in [2.75, 3.05) is 0 Å². The second-order valence-corrected chi connectivity index (χ2v) is 8.85. The van der Waals surface area contributed by atoms with Crippen molar-refractivity contribution >= 4 is 10.0 Å². The Morgan fingerprint density at radius 1 is 1.26 bits per heavy atom. The van der Waals surface area contributed by atoms with Gasteiger partial charge in [0.1, 0.15) is 18.2 Å². The summed E-state index contributed by atoms with van der Waals surface area (Å²) in [6, 6.07) is 4.51. The van der Waals surface area contributed by atoms with Gasteiger partial charge in [-0.2, -0.15) is 10.1 Å². The fourth-order valence-corrected chi connectivity index (χ4v) is 3.91. The van der Waals surface area contributed by atoms with Crippen LogP contribution in [-0.2, 0) is 15.8 Å². The molecule has 1 atom stereocenters. The molecule has 0 aliphatic rings. The lowest BCUT2D eigenvalue weighted by Crippen LogP contribution is -2.37. The van der Waals surface area contributed by atoms with Crippen LogP contribution in [0.1, 0.15) is 38.3 Å². The fourth-order valence-electron chi connectivity index (χ4n) is 2.38. The van der Waals surface area contributed by atoms with Crippen molar-refractivity contribution in [3.8, 4) is 11.6 Å². The number of nitrogens with zero attached hydrogens (tertiary/aromatic N) is 4. The maximum Gasteiger partial charge on any atom is 0.245 e. The van der Waals surface area contributed by atoms with E-state index in [0.717, 1.165) is 0 Å². The second kappa shape index (κ2) is 7.16. The Balaban J connectivity index is 1.84. The highest BCUT2D eigenvalue weighted by atomic mass is 32.2. The molecule has 0 saturated carbocycles. The molecule has 3 rings (SSSR count). The van der Waals surface area contributed by atoms with Gasteiger partial charge >= 0.3 is 0 Å². The molecule has 0 fully saturated rings. The molecule has 0 unspecified atom stereocenters. The summed E-state index contributed by atoms with van der Waals surface area (Å²) in [6.45, 7) is 5.53. The maximum atomic E-state index is 13.0. The Kier molecular flexibility index (Phi) is 5.07. The zero-order valence-electron chi connectivity index (χ0n) is 15.0. The number of halogens is 1. The van der Waals surface area contributed by atoms with Gasteiger partial charge < -0.3 is 4.52 Å². The number of nitrogens with one attached hydrogen (secondary N) is 2. The number of sulfonamides is 1. The molecule has 2 heterocycles. The molecule has 0 amide bonds. The second-order valence-electron chi connectivity index (χ2n) is 7.09. The van der Waals surface area contributed by atoms with Gasteiger partial charge in [-0.25, -0.2) is 22.5 Å². The lowest BCUT2D eigenvalue weighted by molar-refractivity contribution is 0.236. The van der Waals surface area contributed by atoms with Crippen LogP contribution in [0.4, 0.5) is 4.39 Å². The lowest BCUT2D eigenvalue weighted by atomic mass is 9.87. The molecule has 0 aliphatic carbocycles. The minimum absolute atomic E-state index is 0.108. The molecule has 144 valence electrons. The predicted octanol–water partition coefficient (Wildman–Crippen LogP) is 2.20. The van der Waals surface area contributed by atoms with Gasteiger partial charge in [0.15, 0.2) is 5.82 Å². The molecule has 3 aromatic rings. The van der Waals surface area contributed by atoms with E-state index < -0.39 is 27.3 Å². The number of H-pyrrole nitrogens is 1. The van der Waals surface area contributed by atoms with E-state index in [1.165, 1.54) is 30.6 Å². The van der Waals surface area contributed by atoms with Crippen molar-refractivity contribution in [3.05, 3.63) is 47.9 Å². The summed E-state index contributed by atoms with van der Waals surface area (Å²) in [7, 11) is -3.76. The molecule has 0 aliphatic heterocycles. The van der Waals surface area contributed by atoms with Gasteiger partial charge in [-0.3, -0.25) is 5.10 Å². The number of hydrogen-bond donors (Lipinski definition) is 2. The minimum Gasteiger partial charge on any atom is -0.337 e. The van der Waals surface area contributed by atoms with E-state index >= 15 is 0 Å². The molecule has 2 aromatic heterocycles.